The molecule has 0 unspecified atom stereocenters. The molecule has 13 aromatic rings. The zero-order valence-corrected chi connectivity index (χ0v) is 43.4. The third-order valence-corrected chi connectivity index (χ3v) is 18.0. The van der Waals surface area contributed by atoms with Gasteiger partial charge in [0.15, 0.2) is 0 Å². The van der Waals surface area contributed by atoms with E-state index in [9.17, 15) is 0 Å². The summed E-state index contributed by atoms with van der Waals surface area (Å²) in [6, 6.07) is 64.6. The van der Waals surface area contributed by atoms with Crippen molar-refractivity contribution in [2.45, 2.75) is 71.6 Å². The Hall–Kier alpha value is -8.60. The van der Waals surface area contributed by atoms with Gasteiger partial charge >= 0.3 is 0 Å². The number of para-hydroxylation sites is 4. The highest BCUT2D eigenvalue weighted by Gasteiger charge is 2.49. The largest absolute Gasteiger partial charge is 0.456 e. The van der Waals surface area contributed by atoms with Gasteiger partial charge in [-0.2, -0.15) is 0 Å². The van der Waals surface area contributed by atoms with E-state index in [2.05, 4.69) is 230 Å². The summed E-state index contributed by atoms with van der Waals surface area (Å²) in [5.74, 6) is 0. The molecule has 16 rings (SSSR count). The van der Waals surface area contributed by atoms with Crippen molar-refractivity contribution in [2.75, 3.05) is 4.90 Å². The predicted octanol–water partition coefficient (Wildman–Crippen LogP) is 20.1. The number of hydrogen-bond donors (Lipinski definition) is 0. The van der Waals surface area contributed by atoms with Crippen molar-refractivity contribution in [3.63, 3.8) is 0 Å². The zero-order valence-electron chi connectivity index (χ0n) is 43.4. The minimum absolute atomic E-state index is 0.236. The van der Waals surface area contributed by atoms with E-state index in [-0.39, 0.29) is 16.2 Å². The van der Waals surface area contributed by atoms with E-state index in [0.29, 0.717) is 0 Å². The van der Waals surface area contributed by atoms with Crippen LogP contribution in [0.15, 0.2) is 189 Å². The molecule has 75 heavy (non-hydrogen) atoms. The van der Waals surface area contributed by atoms with Gasteiger partial charge in [-0.3, -0.25) is 0 Å². The van der Waals surface area contributed by atoms with E-state index in [1.54, 1.807) is 0 Å². The van der Waals surface area contributed by atoms with Gasteiger partial charge in [-0.25, -0.2) is 0 Å². The Morgan fingerprint density at radius 2 is 0.813 bits per heavy atom. The molecule has 0 amide bonds. The predicted molar refractivity (Wildman–Crippen MR) is 311 cm³/mol. The summed E-state index contributed by atoms with van der Waals surface area (Å²) < 4.78 is 20.5. The summed E-state index contributed by atoms with van der Waals surface area (Å²) in [5.41, 5.74) is 28.3. The molecule has 4 nitrogen and oxygen atoms in total. The van der Waals surface area contributed by atoms with Crippen molar-refractivity contribution < 1.29 is 13.3 Å². The Bertz CT molecular complexity index is 4700. The van der Waals surface area contributed by atoms with Gasteiger partial charge in [0, 0.05) is 71.1 Å². The number of aryl methyl sites for hydroxylation is 2. The second-order valence-electron chi connectivity index (χ2n) is 23.2. The van der Waals surface area contributed by atoms with Gasteiger partial charge in [0.05, 0.1) is 5.69 Å². The molecule has 0 atom stereocenters. The van der Waals surface area contributed by atoms with E-state index >= 15 is 0 Å². The molecule has 0 saturated heterocycles. The van der Waals surface area contributed by atoms with Crippen LogP contribution in [0.2, 0.25) is 0 Å². The molecule has 0 fully saturated rings. The van der Waals surface area contributed by atoms with Gasteiger partial charge in [-0.1, -0.05) is 163 Å². The quantitative estimate of drug-likeness (QED) is 0.176. The van der Waals surface area contributed by atoms with Gasteiger partial charge in [0.25, 0.3) is 0 Å². The van der Waals surface area contributed by atoms with Crippen molar-refractivity contribution in [3.8, 4) is 44.5 Å². The first-order chi connectivity index (χ1) is 36.3. The summed E-state index contributed by atoms with van der Waals surface area (Å²) in [6.07, 6.45) is 0. The maximum absolute atomic E-state index is 7.02. The Kier molecular flexibility index (Phi) is 8.21. The Morgan fingerprint density at radius 1 is 0.333 bits per heavy atom. The Labute approximate surface area is 435 Å². The third kappa shape index (κ3) is 5.36. The van der Waals surface area contributed by atoms with Crippen LogP contribution in [-0.2, 0) is 16.2 Å². The van der Waals surface area contributed by atoms with E-state index in [1.807, 2.05) is 6.07 Å². The maximum atomic E-state index is 7.02. The molecule has 0 saturated carbocycles. The van der Waals surface area contributed by atoms with Crippen LogP contribution in [-0.4, -0.2) is 0 Å². The Balaban J connectivity index is 0.919. The van der Waals surface area contributed by atoms with Crippen LogP contribution in [0.1, 0.15) is 86.1 Å². The summed E-state index contributed by atoms with van der Waals surface area (Å²) in [6.45, 7) is 19.1. The van der Waals surface area contributed by atoms with Crippen molar-refractivity contribution in [1.82, 2.24) is 0 Å². The fourth-order valence-electron chi connectivity index (χ4n) is 14.6. The monoisotopic (exact) mass is 967 g/mol. The highest BCUT2D eigenvalue weighted by molar-refractivity contribution is 6.23. The van der Waals surface area contributed by atoms with Gasteiger partial charge < -0.3 is 18.2 Å². The molecule has 3 aliphatic carbocycles. The van der Waals surface area contributed by atoms with Crippen molar-refractivity contribution >= 4 is 82.9 Å². The molecule has 0 bridgehead atoms. The van der Waals surface area contributed by atoms with Crippen molar-refractivity contribution in [2.24, 2.45) is 0 Å². The lowest BCUT2D eigenvalue weighted by Gasteiger charge is -2.32. The van der Waals surface area contributed by atoms with E-state index < -0.39 is 0 Å². The van der Waals surface area contributed by atoms with Crippen molar-refractivity contribution in [1.29, 1.82) is 0 Å². The van der Waals surface area contributed by atoms with Gasteiger partial charge in [0.1, 0.15) is 33.5 Å². The third-order valence-electron chi connectivity index (χ3n) is 18.0. The second kappa shape index (κ2) is 14.4. The van der Waals surface area contributed by atoms with Crippen LogP contribution in [0.3, 0.4) is 0 Å². The highest BCUT2D eigenvalue weighted by Crippen LogP contribution is 2.64. The number of nitrogens with zero attached hydrogens (tertiary/aromatic N) is 1. The van der Waals surface area contributed by atoms with Crippen LogP contribution in [0.25, 0.3) is 110 Å². The SMILES string of the molecule is Cc1cccc(C)c1N(c1ccc2c(c1)C(C)(C)c1cc(-c3cccc4oc5ccccc5c34)c3oc4ccccc4c3c1-2)c1ccc2c(c1)C(C)(C)c1c3c(c4oc5ccccc5c4c1-2)-c1ccccc1C3(C)C. The number of benzene rings is 10. The lowest BCUT2D eigenvalue weighted by Crippen LogP contribution is -2.24. The smallest absolute Gasteiger partial charge is 0.144 e. The molecule has 0 spiro atoms. The molecule has 3 aromatic heterocycles. The lowest BCUT2D eigenvalue weighted by molar-refractivity contribution is 0.600. The number of hydrogen-bond acceptors (Lipinski definition) is 4. The summed E-state index contributed by atoms with van der Waals surface area (Å²) in [7, 11) is 0. The molecule has 360 valence electrons. The van der Waals surface area contributed by atoms with Crippen LogP contribution < -0.4 is 4.90 Å². The molecule has 0 N–H and O–H groups in total. The first-order valence-corrected chi connectivity index (χ1v) is 26.5. The highest BCUT2D eigenvalue weighted by atomic mass is 16.3. The van der Waals surface area contributed by atoms with Crippen molar-refractivity contribution in [3.05, 3.63) is 220 Å². The number of fused-ring (bicyclic) bond motifs is 22. The minimum atomic E-state index is -0.369. The number of furan rings is 3. The number of rotatable bonds is 4. The molecule has 0 aliphatic heterocycles. The fraction of sp³-hybridized carbons (Fsp3) is 0.155. The van der Waals surface area contributed by atoms with Crippen LogP contribution in [0.5, 0.6) is 0 Å². The first kappa shape index (κ1) is 42.9. The van der Waals surface area contributed by atoms with E-state index in [1.165, 1.54) is 94.3 Å². The fourth-order valence-corrected chi connectivity index (χ4v) is 14.6. The lowest BCUT2D eigenvalue weighted by atomic mass is 9.72. The summed E-state index contributed by atoms with van der Waals surface area (Å²) in [5, 5.41) is 6.88. The topological polar surface area (TPSA) is 42.7 Å². The van der Waals surface area contributed by atoms with Gasteiger partial charge in [-0.05, 0) is 146 Å². The van der Waals surface area contributed by atoms with E-state index in [4.69, 9.17) is 13.3 Å². The first-order valence-electron chi connectivity index (χ1n) is 26.5. The molecule has 3 heterocycles. The standard InChI is InChI=1S/C71H53NO3/c1-38-19-17-20-39(2)66(38)72(41-32-34-45-52(36-41)71(7,8)64-60(45)62-48-24-12-16-29-56(48)75-68(62)63-43-21-9-13-26-50(43)70(5,6)65(63)64)40-31-33-44-51(35-40)69(3,4)53-37-49(67-61(59(44)53)47-23-11-15-28-55(47)74-67)42-25-18-30-57-58(42)46-22-10-14-27-54(46)73-57/h9-37H,1-8H3. The number of anilines is 3. The molecule has 0 radical (unpaired) electrons. The van der Waals surface area contributed by atoms with Crippen LogP contribution >= 0.6 is 0 Å². The van der Waals surface area contributed by atoms with Crippen LogP contribution in [0.4, 0.5) is 17.1 Å². The maximum Gasteiger partial charge on any atom is 0.144 e. The van der Waals surface area contributed by atoms with Gasteiger partial charge in [-0.15, -0.1) is 0 Å². The average molecular weight is 968 g/mol. The summed E-state index contributed by atoms with van der Waals surface area (Å²) >= 11 is 0. The zero-order chi connectivity index (χ0) is 50.6. The molecule has 10 aromatic carbocycles. The van der Waals surface area contributed by atoms with E-state index in [0.717, 1.165) is 77.5 Å². The Morgan fingerprint density at radius 3 is 1.49 bits per heavy atom. The van der Waals surface area contributed by atoms with Gasteiger partial charge in [0.2, 0.25) is 0 Å². The molecule has 3 aliphatic rings. The second-order valence-corrected chi connectivity index (χ2v) is 23.2. The minimum Gasteiger partial charge on any atom is -0.456 e. The molecular formula is C71H53NO3. The average Bonchev–Trinajstić information content (AvgIpc) is 4.29. The molecular weight excluding hydrogens is 915 g/mol. The van der Waals surface area contributed by atoms with Crippen LogP contribution in [0, 0.1) is 13.8 Å². The summed E-state index contributed by atoms with van der Waals surface area (Å²) in [4.78, 5) is 2.54. The molecule has 4 heteroatoms. The normalized spacial score (nSPS) is 15.3.